The molecule has 0 saturated heterocycles. The Morgan fingerprint density at radius 1 is 0.556 bits per heavy atom. The van der Waals surface area contributed by atoms with Gasteiger partial charge in [-0.2, -0.15) is 0 Å². The largest absolute Gasteiger partial charge is 0.423 e. The minimum absolute atomic E-state index is 0.0859. The summed E-state index contributed by atoms with van der Waals surface area (Å²) >= 11 is 0. The van der Waals surface area contributed by atoms with Crippen molar-refractivity contribution >= 4 is 9.04 Å². The fourth-order valence-corrected chi connectivity index (χ4v) is 7.50. The quantitative estimate of drug-likeness (QED) is 0.0669. The molecule has 0 aromatic carbocycles. The van der Waals surface area contributed by atoms with Crippen molar-refractivity contribution in [3.8, 4) is 0 Å². The number of rotatable bonds is 25. The van der Waals surface area contributed by atoms with E-state index in [0.29, 0.717) is 0 Å². The van der Waals surface area contributed by atoms with Gasteiger partial charge in [0, 0.05) is 33.0 Å². The van der Waals surface area contributed by atoms with E-state index in [1.807, 2.05) is 7.11 Å². The first kappa shape index (κ1) is 36.1. The van der Waals surface area contributed by atoms with Gasteiger partial charge in [0.2, 0.25) is 0 Å². The maximum Gasteiger partial charge on any atom is 0.181 e. The third kappa shape index (κ3) is 22.1. The Bertz CT molecular complexity index is 471. The summed E-state index contributed by atoms with van der Waals surface area (Å²) in [6, 6.07) is 2.00. The molecule has 0 saturated carbocycles. The predicted molar refractivity (Wildman–Crippen MR) is 160 cm³/mol. The van der Waals surface area contributed by atoms with Gasteiger partial charge in [0.1, 0.15) is 0 Å². The zero-order valence-corrected chi connectivity index (χ0v) is 27.3. The van der Waals surface area contributed by atoms with Crippen LogP contribution >= 0.6 is 0 Å². The average Bonchev–Trinajstić information content (AvgIpc) is 2.78. The van der Waals surface area contributed by atoms with E-state index in [4.69, 9.17) is 18.6 Å². The summed E-state index contributed by atoms with van der Waals surface area (Å²) in [7, 11) is 0.434. The molecule has 0 aliphatic rings. The van der Waals surface area contributed by atoms with E-state index < -0.39 is 14.8 Å². The van der Waals surface area contributed by atoms with Crippen LogP contribution in [0, 0.1) is 5.41 Å². The monoisotopic (exact) mass is 530 g/mol. The molecule has 0 aromatic heterocycles. The molecule has 0 spiro atoms. The van der Waals surface area contributed by atoms with Crippen molar-refractivity contribution < 1.29 is 18.6 Å². The molecule has 0 radical (unpaired) electrons. The second-order valence-corrected chi connectivity index (χ2v) is 15.6. The summed E-state index contributed by atoms with van der Waals surface area (Å²) in [5, 5.41) is 0. The smallest absolute Gasteiger partial charge is 0.181 e. The van der Waals surface area contributed by atoms with Crippen LogP contribution < -0.4 is 0 Å². The minimum Gasteiger partial charge on any atom is -0.423 e. The maximum absolute atomic E-state index is 6.43. The summed E-state index contributed by atoms with van der Waals surface area (Å²) in [6.07, 6.45) is 17.4. The third-order valence-electron chi connectivity index (χ3n) is 6.86. The summed E-state index contributed by atoms with van der Waals surface area (Å²) in [6.45, 7) is 20.3. The van der Waals surface area contributed by atoms with E-state index in [1.165, 1.54) is 64.2 Å². The van der Waals surface area contributed by atoms with E-state index in [1.54, 1.807) is 0 Å². The van der Waals surface area contributed by atoms with Gasteiger partial charge in [-0.1, -0.05) is 98.8 Å². The number of ether oxygens (including phenoxy) is 3. The van der Waals surface area contributed by atoms with Gasteiger partial charge >= 0.3 is 0 Å². The first-order valence-electron chi connectivity index (χ1n) is 15.4. The predicted octanol–water partition coefficient (Wildman–Crippen LogP) is 9.45. The van der Waals surface area contributed by atoms with Gasteiger partial charge < -0.3 is 18.6 Å². The van der Waals surface area contributed by atoms with Crippen molar-refractivity contribution in [3.63, 3.8) is 0 Å². The Hall–Kier alpha value is 0.0569. The molecule has 0 aliphatic carbocycles. The molecular formula is C31H66O4Si. The maximum atomic E-state index is 6.43. The average molecular weight is 531 g/mol. The zero-order valence-electron chi connectivity index (χ0n) is 26.1. The van der Waals surface area contributed by atoms with Crippen LogP contribution in [0.1, 0.15) is 145 Å². The number of hydrogen-bond acceptors (Lipinski definition) is 4. The first-order valence-corrected chi connectivity index (χ1v) is 17.5. The first-order chi connectivity index (χ1) is 17.0. The molecule has 0 aromatic rings. The Morgan fingerprint density at radius 3 is 1.44 bits per heavy atom. The molecule has 5 heteroatoms. The summed E-state index contributed by atoms with van der Waals surface area (Å²) in [4.78, 5) is 0. The number of hydrogen-bond donors (Lipinski definition) is 0. The Labute approximate surface area is 228 Å². The fraction of sp³-hybridized carbons (Fsp3) is 1.00. The second-order valence-electron chi connectivity index (χ2n) is 12.9. The Balaban J connectivity index is 4.63. The highest BCUT2D eigenvalue weighted by molar-refractivity contribution is 6.52. The van der Waals surface area contributed by atoms with Gasteiger partial charge in [-0.05, 0) is 57.9 Å². The standard InChI is InChI=1S/C31H66O4Si/c1-10-12-14-16-18-20-23-34-31(8,35-24-21-19-17-15-13-11-2)28-36(32-9)26-22-25-33-30(6,7)27-29(3,4)5/h36H,10-28H2,1-9H3. The van der Waals surface area contributed by atoms with Gasteiger partial charge in [0.25, 0.3) is 0 Å². The van der Waals surface area contributed by atoms with Crippen molar-refractivity contribution in [2.24, 2.45) is 5.41 Å². The molecule has 0 aliphatic heterocycles. The fourth-order valence-electron chi connectivity index (χ4n) is 5.20. The topological polar surface area (TPSA) is 36.9 Å². The molecule has 218 valence electrons. The van der Waals surface area contributed by atoms with Gasteiger partial charge in [-0.25, -0.2) is 0 Å². The number of unbranched alkanes of at least 4 members (excludes halogenated alkanes) is 10. The van der Waals surface area contributed by atoms with Crippen LogP contribution in [0.3, 0.4) is 0 Å². The highest BCUT2D eigenvalue weighted by Gasteiger charge is 2.31. The molecule has 0 rings (SSSR count). The highest BCUT2D eigenvalue weighted by Crippen LogP contribution is 2.30. The molecule has 36 heavy (non-hydrogen) atoms. The lowest BCUT2D eigenvalue weighted by atomic mass is 9.84. The van der Waals surface area contributed by atoms with Gasteiger partial charge in [-0.3, -0.25) is 0 Å². The Morgan fingerprint density at radius 2 is 1.00 bits per heavy atom. The van der Waals surface area contributed by atoms with E-state index in [-0.39, 0.29) is 11.0 Å². The highest BCUT2D eigenvalue weighted by atomic mass is 28.3. The van der Waals surface area contributed by atoms with Crippen molar-refractivity contribution in [2.45, 2.75) is 169 Å². The second kappa shape index (κ2) is 20.9. The molecule has 0 fully saturated rings. The van der Waals surface area contributed by atoms with Crippen LogP contribution in [0.15, 0.2) is 0 Å². The Kier molecular flexibility index (Phi) is 21.0. The van der Waals surface area contributed by atoms with E-state index in [0.717, 1.165) is 57.6 Å². The molecule has 0 N–H and O–H groups in total. The molecular weight excluding hydrogens is 464 g/mol. The van der Waals surface area contributed by atoms with Crippen molar-refractivity contribution in [1.82, 2.24) is 0 Å². The SMILES string of the molecule is CCCCCCCCOC(C)(C[SiH](CCCOC(C)(C)CC(C)(C)C)OC)OCCCCCCCC. The van der Waals surface area contributed by atoms with Crippen LogP contribution in [0.4, 0.5) is 0 Å². The van der Waals surface area contributed by atoms with Crippen molar-refractivity contribution in [2.75, 3.05) is 26.9 Å². The molecule has 0 bridgehead atoms. The lowest BCUT2D eigenvalue weighted by molar-refractivity contribution is -0.215. The van der Waals surface area contributed by atoms with E-state index in [9.17, 15) is 0 Å². The normalized spacial score (nSPS) is 13.9. The van der Waals surface area contributed by atoms with Gasteiger partial charge in [0.15, 0.2) is 14.8 Å². The molecule has 0 heterocycles. The van der Waals surface area contributed by atoms with E-state index in [2.05, 4.69) is 55.4 Å². The summed E-state index contributed by atoms with van der Waals surface area (Å²) < 4.78 is 25.2. The molecule has 1 unspecified atom stereocenters. The lowest BCUT2D eigenvalue weighted by Gasteiger charge is -2.34. The van der Waals surface area contributed by atoms with Crippen LogP contribution in [-0.4, -0.2) is 47.4 Å². The van der Waals surface area contributed by atoms with Crippen LogP contribution in [-0.2, 0) is 18.6 Å². The lowest BCUT2D eigenvalue weighted by Crippen LogP contribution is -2.39. The van der Waals surface area contributed by atoms with Gasteiger partial charge in [0.05, 0.1) is 5.60 Å². The van der Waals surface area contributed by atoms with Crippen LogP contribution in [0.25, 0.3) is 0 Å². The third-order valence-corrected chi connectivity index (χ3v) is 9.78. The van der Waals surface area contributed by atoms with Crippen LogP contribution in [0.5, 0.6) is 0 Å². The van der Waals surface area contributed by atoms with Gasteiger partial charge in [-0.15, -0.1) is 0 Å². The van der Waals surface area contributed by atoms with Crippen molar-refractivity contribution in [3.05, 3.63) is 0 Å². The van der Waals surface area contributed by atoms with Crippen LogP contribution in [0.2, 0.25) is 12.1 Å². The molecule has 4 nitrogen and oxygen atoms in total. The minimum atomic E-state index is -1.44. The zero-order chi connectivity index (χ0) is 27.3. The molecule has 0 amide bonds. The van der Waals surface area contributed by atoms with Crippen molar-refractivity contribution in [1.29, 1.82) is 0 Å². The molecule has 1 atom stereocenters. The summed E-state index contributed by atoms with van der Waals surface area (Å²) in [5.74, 6) is -0.522. The van der Waals surface area contributed by atoms with E-state index >= 15 is 0 Å². The summed E-state index contributed by atoms with van der Waals surface area (Å²) in [5.41, 5.74) is 0.188.